The van der Waals surface area contributed by atoms with Crippen LogP contribution in [0.5, 0.6) is 0 Å². The first-order chi connectivity index (χ1) is 9.47. The van der Waals surface area contributed by atoms with Crippen molar-refractivity contribution in [2.24, 2.45) is 5.92 Å². The first-order valence-electron chi connectivity index (χ1n) is 7.33. The number of ether oxygens (including phenoxy) is 1. The molecule has 0 aliphatic carbocycles. The van der Waals surface area contributed by atoms with Gasteiger partial charge in [0, 0.05) is 19.1 Å². The predicted octanol–water partition coefficient (Wildman–Crippen LogP) is 0.419. The zero-order valence-corrected chi connectivity index (χ0v) is 12.2. The highest BCUT2D eigenvalue weighted by Crippen LogP contribution is 2.20. The van der Waals surface area contributed by atoms with E-state index in [2.05, 4.69) is 18.7 Å². The Bertz CT molecular complexity index is 372. The van der Waals surface area contributed by atoms with Crippen molar-refractivity contribution in [1.29, 1.82) is 0 Å². The zero-order valence-electron chi connectivity index (χ0n) is 12.2. The van der Waals surface area contributed by atoms with E-state index >= 15 is 0 Å². The van der Waals surface area contributed by atoms with Gasteiger partial charge in [-0.05, 0) is 39.2 Å². The number of likely N-dealkylation sites (tertiary alicyclic amines) is 1. The molecule has 2 fully saturated rings. The highest BCUT2D eigenvalue weighted by atomic mass is 16.5. The summed E-state index contributed by atoms with van der Waals surface area (Å²) >= 11 is 0. The van der Waals surface area contributed by atoms with Crippen LogP contribution in [-0.2, 0) is 14.3 Å². The Hall–Kier alpha value is -1.14. The van der Waals surface area contributed by atoms with E-state index in [1.165, 1.54) is 0 Å². The lowest BCUT2D eigenvalue weighted by molar-refractivity contribution is -0.165. The summed E-state index contributed by atoms with van der Waals surface area (Å²) in [6.45, 7) is 7.17. The molecule has 114 valence electrons. The quantitative estimate of drug-likeness (QED) is 0.810. The van der Waals surface area contributed by atoms with Gasteiger partial charge in [-0.3, -0.25) is 4.79 Å². The number of hydrogen-bond donors (Lipinski definition) is 1. The lowest BCUT2D eigenvalue weighted by Gasteiger charge is -2.39. The zero-order chi connectivity index (χ0) is 14.7. The van der Waals surface area contributed by atoms with Crippen LogP contribution in [-0.4, -0.2) is 71.7 Å². The van der Waals surface area contributed by atoms with Gasteiger partial charge in [-0.25, -0.2) is 4.79 Å². The molecule has 0 aromatic carbocycles. The maximum Gasteiger partial charge on any atom is 0.334 e. The van der Waals surface area contributed by atoms with Gasteiger partial charge in [0.25, 0.3) is 0 Å². The van der Waals surface area contributed by atoms with Crippen LogP contribution in [0.15, 0.2) is 0 Å². The summed E-state index contributed by atoms with van der Waals surface area (Å²) in [7, 11) is 0. The Kier molecular flexibility index (Phi) is 4.99. The number of carboxylic acid groups (broad SMARTS) is 1. The van der Waals surface area contributed by atoms with Crippen molar-refractivity contribution < 1.29 is 19.4 Å². The minimum atomic E-state index is -0.991. The number of carbonyl (C=O) groups is 2. The molecular formula is C14H24N2O4. The topological polar surface area (TPSA) is 70.1 Å². The van der Waals surface area contributed by atoms with Crippen LogP contribution >= 0.6 is 0 Å². The van der Waals surface area contributed by atoms with Crippen LogP contribution in [0.3, 0.4) is 0 Å². The number of carbonyl (C=O) groups excluding carboxylic acids is 1. The maximum atomic E-state index is 11.8. The van der Waals surface area contributed by atoms with Gasteiger partial charge >= 0.3 is 5.97 Å². The van der Waals surface area contributed by atoms with Crippen LogP contribution in [0.25, 0.3) is 0 Å². The molecule has 0 aromatic rings. The highest BCUT2D eigenvalue weighted by Gasteiger charge is 2.33. The molecule has 1 amide bonds. The van der Waals surface area contributed by atoms with Gasteiger partial charge in [0.2, 0.25) is 5.91 Å². The Balaban J connectivity index is 1.90. The summed E-state index contributed by atoms with van der Waals surface area (Å²) in [5.41, 5.74) is 0. The molecule has 2 saturated heterocycles. The Morgan fingerprint density at radius 3 is 2.85 bits per heavy atom. The smallest absolute Gasteiger partial charge is 0.334 e. The summed E-state index contributed by atoms with van der Waals surface area (Å²) in [6, 6.07) is 0.518. The third-order valence-electron chi connectivity index (χ3n) is 4.18. The number of aliphatic carboxylic acids is 1. The van der Waals surface area contributed by atoms with E-state index in [0.717, 1.165) is 25.9 Å². The number of amides is 1. The van der Waals surface area contributed by atoms with Gasteiger partial charge in [0.1, 0.15) is 6.61 Å². The van der Waals surface area contributed by atoms with Crippen molar-refractivity contribution in [1.82, 2.24) is 9.80 Å². The minimum absolute atomic E-state index is 0.0934. The minimum Gasteiger partial charge on any atom is -0.479 e. The van der Waals surface area contributed by atoms with Crippen molar-refractivity contribution >= 4 is 11.9 Å². The first kappa shape index (κ1) is 15.3. The van der Waals surface area contributed by atoms with Crippen molar-refractivity contribution in [3.63, 3.8) is 0 Å². The average Bonchev–Trinajstić information content (AvgIpc) is 2.41. The monoisotopic (exact) mass is 284 g/mol. The maximum absolute atomic E-state index is 11.8. The van der Waals surface area contributed by atoms with E-state index in [1.54, 1.807) is 4.90 Å². The van der Waals surface area contributed by atoms with Gasteiger partial charge in [-0.1, -0.05) is 0 Å². The number of hydrogen-bond acceptors (Lipinski definition) is 4. The summed E-state index contributed by atoms with van der Waals surface area (Å²) in [5.74, 6) is -0.651. The third-order valence-corrected chi connectivity index (χ3v) is 4.18. The summed E-state index contributed by atoms with van der Waals surface area (Å²) < 4.78 is 5.03. The van der Waals surface area contributed by atoms with E-state index < -0.39 is 12.1 Å². The van der Waals surface area contributed by atoms with Crippen molar-refractivity contribution in [2.75, 3.05) is 32.8 Å². The van der Waals surface area contributed by atoms with Crippen LogP contribution in [0.2, 0.25) is 0 Å². The second kappa shape index (κ2) is 6.54. The van der Waals surface area contributed by atoms with E-state index in [4.69, 9.17) is 9.84 Å². The summed E-state index contributed by atoms with van der Waals surface area (Å²) in [6.07, 6.45) is 1.37. The molecule has 6 nitrogen and oxygen atoms in total. The van der Waals surface area contributed by atoms with Gasteiger partial charge < -0.3 is 19.6 Å². The fraction of sp³-hybridized carbons (Fsp3) is 0.857. The van der Waals surface area contributed by atoms with Gasteiger partial charge in [-0.2, -0.15) is 0 Å². The Morgan fingerprint density at radius 2 is 2.20 bits per heavy atom. The number of nitrogens with zero attached hydrogens (tertiary/aromatic N) is 2. The van der Waals surface area contributed by atoms with E-state index in [-0.39, 0.29) is 19.1 Å². The Labute approximate surface area is 119 Å². The molecule has 0 aromatic heterocycles. The molecule has 1 N–H and O–H groups in total. The molecule has 0 saturated carbocycles. The molecule has 6 heteroatoms. The Morgan fingerprint density at radius 1 is 1.45 bits per heavy atom. The third kappa shape index (κ3) is 3.70. The van der Waals surface area contributed by atoms with E-state index in [0.29, 0.717) is 18.5 Å². The second-order valence-electron chi connectivity index (χ2n) is 6.03. The molecule has 2 heterocycles. The standard InChI is InChI=1S/C14H24N2O4/c1-10(2)15-5-3-4-11(6-15)7-16-8-12(14(18)19)20-9-13(16)17/h10-12H,3-9H2,1-2H3,(H,18,19). The molecule has 0 spiro atoms. The van der Waals surface area contributed by atoms with Crippen LogP contribution < -0.4 is 0 Å². The van der Waals surface area contributed by atoms with E-state index in [9.17, 15) is 9.59 Å². The number of piperidine rings is 1. The van der Waals surface area contributed by atoms with Gasteiger partial charge in [0.05, 0.1) is 6.54 Å². The van der Waals surface area contributed by atoms with Gasteiger partial charge in [-0.15, -0.1) is 0 Å². The fourth-order valence-electron chi connectivity index (χ4n) is 2.97. The molecule has 2 unspecified atom stereocenters. The normalized spacial score (nSPS) is 28.9. The van der Waals surface area contributed by atoms with Crippen LogP contribution in [0.4, 0.5) is 0 Å². The SMILES string of the molecule is CC(C)N1CCCC(CN2CC(C(=O)O)OCC2=O)C1. The largest absolute Gasteiger partial charge is 0.479 e. The van der Waals surface area contributed by atoms with Crippen LogP contribution in [0, 0.1) is 5.92 Å². The first-order valence-corrected chi connectivity index (χ1v) is 7.33. The van der Waals surface area contributed by atoms with Crippen molar-refractivity contribution in [2.45, 2.75) is 38.8 Å². The fourth-order valence-corrected chi connectivity index (χ4v) is 2.97. The van der Waals surface area contributed by atoms with Crippen molar-refractivity contribution in [3.05, 3.63) is 0 Å². The lowest BCUT2D eigenvalue weighted by atomic mass is 9.96. The average molecular weight is 284 g/mol. The van der Waals surface area contributed by atoms with E-state index in [1.807, 2.05) is 0 Å². The van der Waals surface area contributed by atoms with Crippen molar-refractivity contribution in [3.8, 4) is 0 Å². The molecule has 2 atom stereocenters. The van der Waals surface area contributed by atoms with Gasteiger partial charge in [0.15, 0.2) is 6.10 Å². The molecule has 2 aliphatic rings. The summed E-state index contributed by atoms with van der Waals surface area (Å²) in [5, 5.41) is 8.99. The molecule has 2 rings (SSSR count). The number of morpholine rings is 1. The second-order valence-corrected chi connectivity index (χ2v) is 6.03. The van der Waals surface area contributed by atoms with Crippen LogP contribution in [0.1, 0.15) is 26.7 Å². The lowest BCUT2D eigenvalue weighted by Crippen LogP contribution is -2.52. The molecule has 2 aliphatic heterocycles. The molecular weight excluding hydrogens is 260 g/mol. The predicted molar refractivity (Wildman–Crippen MR) is 73.4 cm³/mol. The number of carboxylic acids is 1. The molecule has 0 radical (unpaired) electrons. The number of rotatable bonds is 4. The highest BCUT2D eigenvalue weighted by molar-refractivity contribution is 5.81. The molecule has 20 heavy (non-hydrogen) atoms. The summed E-state index contributed by atoms with van der Waals surface area (Å²) in [4.78, 5) is 26.9. The molecule has 0 bridgehead atoms.